The number of ether oxygens (including phenoxy) is 2. The fourth-order valence-corrected chi connectivity index (χ4v) is 5.75. The van der Waals surface area contributed by atoms with Crippen LogP contribution in [0.1, 0.15) is 57.2 Å². The van der Waals surface area contributed by atoms with Crippen LogP contribution in [0.5, 0.6) is 5.75 Å². The van der Waals surface area contributed by atoms with Crippen LogP contribution < -0.4 is 9.64 Å². The van der Waals surface area contributed by atoms with E-state index in [1.54, 1.807) is 45.0 Å². The molecule has 3 aromatic carbocycles. The molecule has 4 aromatic rings. The molecule has 3 amide bonds. The van der Waals surface area contributed by atoms with Gasteiger partial charge >= 0.3 is 18.5 Å². The van der Waals surface area contributed by atoms with Gasteiger partial charge in [0.05, 0.1) is 23.7 Å². The maximum absolute atomic E-state index is 13.2. The molecule has 12 nitrogen and oxygen atoms in total. The number of alkyl halides is 3. The Morgan fingerprint density at radius 1 is 1.02 bits per heavy atom. The zero-order valence-corrected chi connectivity index (χ0v) is 29.4. The van der Waals surface area contributed by atoms with E-state index in [2.05, 4.69) is 19.8 Å². The maximum Gasteiger partial charge on any atom is 0.573 e. The number of hydroxylamine groups is 2. The third-order valence-electron chi connectivity index (χ3n) is 7.15. The van der Waals surface area contributed by atoms with Crippen LogP contribution in [0.2, 0.25) is 0 Å². The van der Waals surface area contributed by atoms with E-state index in [-0.39, 0.29) is 35.0 Å². The SMILES string of the molecule is Cc1ccc(C(C)C)c(N2C(=O)CS/C2=N\C(=O)ON(Cc2ccc(-c3ncn(-c4ccc(OC(F)(F)F)cc4)n3)cc2)C(=O)OC(C)(C)C)c1. The van der Waals surface area contributed by atoms with Gasteiger partial charge in [0.1, 0.15) is 17.7 Å². The van der Waals surface area contributed by atoms with Crippen LogP contribution in [0, 0.1) is 6.92 Å². The summed E-state index contributed by atoms with van der Waals surface area (Å²) in [6.07, 6.45) is -5.44. The Balaban J connectivity index is 1.32. The predicted octanol–water partition coefficient (Wildman–Crippen LogP) is 8.19. The molecular weight excluding hydrogens is 689 g/mol. The molecule has 0 aliphatic carbocycles. The molecule has 0 unspecified atom stereocenters. The van der Waals surface area contributed by atoms with E-state index in [0.29, 0.717) is 28.3 Å². The second-order valence-electron chi connectivity index (χ2n) is 12.8. The zero-order valence-electron chi connectivity index (χ0n) is 28.6. The average molecular weight is 725 g/mol. The van der Waals surface area contributed by atoms with Crippen molar-refractivity contribution in [1.29, 1.82) is 0 Å². The van der Waals surface area contributed by atoms with Gasteiger partial charge in [-0.25, -0.2) is 19.3 Å². The molecule has 0 bridgehead atoms. The summed E-state index contributed by atoms with van der Waals surface area (Å²) in [7, 11) is 0. The third kappa shape index (κ3) is 9.66. The Kier molecular flexibility index (Phi) is 10.7. The van der Waals surface area contributed by atoms with Crippen molar-refractivity contribution in [2.45, 2.75) is 66.0 Å². The molecule has 0 N–H and O–H groups in total. The number of aliphatic imine (C=N–C) groups is 1. The number of aryl methyl sites for hydroxylation is 1. The minimum absolute atomic E-state index is 0.0794. The van der Waals surface area contributed by atoms with Crippen molar-refractivity contribution in [1.82, 2.24) is 19.8 Å². The number of carbonyl (C=O) groups excluding carboxylic acids is 3. The molecule has 51 heavy (non-hydrogen) atoms. The lowest BCUT2D eigenvalue weighted by Gasteiger charge is -2.26. The molecule has 2 heterocycles. The molecule has 1 aliphatic rings. The fourth-order valence-electron chi connectivity index (χ4n) is 4.90. The summed E-state index contributed by atoms with van der Waals surface area (Å²) in [5, 5.41) is 5.28. The van der Waals surface area contributed by atoms with Crippen molar-refractivity contribution < 1.29 is 41.9 Å². The number of hydrogen-bond donors (Lipinski definition) is 0. The Morgan fingerprint density at radius 2 is 1.71 bits per heavy atom. The topological polar surface area (TPSA) is 128 Å². The minimum atomic E-state index is -4.80. The van der Waals surface area contributed by atoms with Gasteiger partial charge in [0.2, 0.25) is 5.91 Å². The van der Waals surface area contributed by atoms with Gasteiger partial charge in [-0.2, -0.15) is 0 Å². The Bertz CT molecular complexity index is 1940. The van der Waals surface area contributed by atoms with E-state index in [1.165, 1.54) is 40.2 Å². The Labute approximate surface area is 296 Å². The molecule has 0 saturated carbocycles. The van der Waals surface area contributed by atoms with Crippen LogP contribution in [0.25, 0.3) is 17.1 Å². The molecule has 0 spiro atoms. The molecular formula is C35H35F3N6O6S. The smallest absolute Gasteiger partial charge is 0.442 e. The minimum Gasteiger partial charge on any atom is -0.442 e. The lowest BCUT2D eigenvalue weighted by molar-refractivity contribution is -0.274. The molecule has 1 aliphatic heterocycles. The van der Waals surface area contributed by atoms with E-state index in [4.69, 9.17) is 9.57 Å². The highest BCUT2D eigenvalue weighted by Crippen LogP contribution is 2.34. The highest BCUT2D eigenvalue weighted by atomic mass is 32.2. The van der Waals surface area contributed by atoms with Gasteiger partial charge in [-0.1, -0.05) is 62.0 Å². The van der Waals surface area contributed by atoms with Gasteiger partial charge in [0, 0.05) is 5.56 Å². The van der Waals surface area contributed by atoms with E-state index in [0.717, 1.165) is 28.0 Å². The summed E-state index contributed by atoms with van der Waals surface area (Å²) < 4.78 is 48.3. The van der Waals surface area contributed by atoms with Crippen LogP contribution in [-0.2, 0) is 20.9 Å². The first kappa shape index (κ1) is 36.9. The van der Waals surface area contributed by atoms with Crippen LogP contribution >= 0.6 is 11.8 Å². The number of benzene rings is 3. The normalized spacial score (nSPS) is 14.3. The van der Waals surface area contributed by atoms with Crippen LogP contribution in [0.15, 0.2) is 78.0 Å². The molecule has 16 heteroatoms. The van der Waals surface area contributed by atoms with Gasteiger partial charge in [0.25, 0.3) is 0 Å². The zero-order chi connectivity index (χ0) is 37.1. The number of amides is 3. The van der Waals surface area contributed by atoms with Crippen molar-refractivity contribution in [3.63, 3.8) is 0 Å². The van der Waals surface area contributed by atoms with E-state index >= 15 is 0 Å². The number of aromatic nitrogens is 3. The summed E-state index contributed by atoms with van der Waals surface area (Å²) >= 11 is 1.09. The first-order valence-corrected chi connectivity index (χ1v) is 16.7. The van der Waals surface area contributed by atoms with Crippen LogP contribution in [-0.4, -0.2) is 60.8 Å². The van der Waals surface area contributed by atoms with E-state index in [1.807, 2.05) is 39.0 Å². The number of amidine groups is 1. The van der Waals surface area contributed by atoms with Crippen LogP contribution in [0.3, 0.4) is 0 Å². The van der Waals surface area contributed by atoms with Crippen molar-refractivity contribution >= 4 is 40.7 Å². The lowest BCUT2D eigenvalue weighted by Crippen LogP contribution is -2.38. The van der Waals surface area contributed by atoms with Crippen molar-refractivity contribution in [3.05, 3.63) is 89.7 Å². The lowest BCUT2D eigenvalue weighted by atomic mass is 9.99. The quantitative estimate of drug-likeness (QED) is 0.173. The molecule has 1 fully saturated rings. The first-order chi connectivity index (χ1) is 24.0. The fraction of sp³-hybridized carbons (Fsp3) is 0.314. The van der Waals surface area contributed by atoms with Crippen LogP contribution in [0.4, 0.5) is 28.4 Å². The summed E-state index contributed by atoms with van der Waals surface area (Å²) in [6.45, 7) is 10.7. The number of nitrogens with zero attached hydrogens (tertiary/aromatic N) is 6. The standard InChI is InChI=1S/C35H35F3N6O6S/c1-21(2)27-16-7-22(3)17-28(27)44-29(45)19-51-31(44)40-32(46)50-43(33(47)49-34(4,5)6)18-23-8-10-24(11-9-23)30-39-20-42(41-30)25-12-14-26(15-13-25)48-35(36,37)38/h7-17,20-21H,18-19H2,1-6H3/b40-31-. The van der Waals surface area contributed by atoms with Gasteiger partial charge < -0.3 is 14.3 Å². The summed E-state index contributed by atoms with van der Waals surface area (Å²) in [6, 6.07) is 17.7. The number of anilines is 1. The summed E-state index contributed by atoms with van der Waals surface area (Å²) in [5.74, 6) is -0.106. The molecule has 0 atom stereocenters. The highest BCUT2D eigenvalue weighted by Gasteiger charge is 2.34. The third-order valence-corrected chi connectivity index (χ3v) is 8.07. The van der Waals surface area contributed by atoms with E-state index < -0.39 is 24.1 Å². The average Bonchev–Trinajstić information content (AvgIpc) is 3.66. The summed E-state index contributed by atoms with van der Waals surface area (Å²) in [4.78, 5) is 54.5. The van der Waals surface area contributed by atoms with Crippen molar-refractivity contribution in [2.24, 2.45) is 4.99 Å². The second kappa shape index (κ2) is 14.8. The second-order valence-corrected chi connectivity index (χ2v) is 13.7. The molecule has 0 radical (unpaired) electrons. The monoisotopic (exact) mass is 724 g/mol. The number of halogens is 3. The van der Waals surface area contributed by atoms with Gasteiger partial charge in [-0.3, -0.25) is 9.69 Å². The number of thioether (sulfide) groups is 1. The maximum atomic E-state index is 13.2. The molecule has 268 valence electrons. The molecule has 1 saturated heterocycles. The summed E-state index contributed by atoms with van der Waals surface area (Å²) in [5.41, 5.74) is 3.17. The Hall–Kier alpha value is -5.38. The van der Waals surface area contributed by atoms with E-state index in [9.17, 15) is 27.6 Å². The first-order valence-electron chi connectivity index (χ1n) is 15.7. The molecule has 5 rings (SSSR count). The number of carbonyl (C=O) groups is 3. The van der Waals surface area contributed by atoms with Gasteiger partial charge in [0.15, 0.2) is 11.0 Å². The highest BCUT2D eigenvalue weighted by molar-refractivity contribution is 8.15. The molecule has 1 aromatic heterocycles. The van der Waals surface area contributed by atoms with Gasteiger partial charge in [-0.15, -0.1) is 28.3 Å². The number of hydrogen-bond acceptors (Lipinski definition) is 9. The number of rotatable bonds is 7. The Morgan fingerprint density at radius 3 is 2.33 bits per heavy atom. The van der Waals surface area contributed by atoms with Crippen molar-refractivity contribution in [2.75, 3.05) is 10.7 Å². The van der Waals surface area contributed by atoms with Crippen molar-refractivity contribution in [3.8, 4) is 22.8 Å². The predicted molar refractivity (Wildman–Crippen MR) is 184 cm³/mol. The van der Waals surface area contributed by atoms with Gasteiger partial charge in [-0.05, 0) is 80.6 Å². The largest absolute Gasteiger partial charge is 0.573 e.